The maximum Gasteiger partial charge on any atom is 0.0601 e. The molecule has 0 aromatic carbocycles. The maximum absolute atomic E-state index is 5.37. The molecule has 1 heterocycles. The summed E-state index contributed by atoms with van der Waals surface area (Å²) in [7, 11) is 1.84. The first-order chi connectivity index (χ1) is 7.69. The molecule has 2 unspecified atom stereocenters. The van der Waals surface area contributed by atoms with Crippen molar-refractivity contribution >= 4 is 0 Å². The fourth-order valence-corrected chi connectivity index (χ4v) is 2.78. The van der Waals surface area contributed by atoms with E-state index in [0.29, 0.717) is 12.1 Å². The van der Waals surface area contributed by atoms with Crippen LogP contribution in [0.5, 0.6) is 0 Å². The van der Waals surface area contributed by atoms with Gasteiger partial charge in [0.05, 0.1) is 6.10 Å². The molecule has 16 heavy (non-hydrogen) atoms. The maximum atomic E-state index is 5.37. The van der Waals surface area contributed by atoms with E-state index < -0.39 is 0 Å². The monoisotopic (exact) mass is 226 g/mol. The van der Waals surface area contributed by atoms with Crippen LogP contribution in [0.2, 0.25) is 0 Å². The summed E-state index contributed by atoms with van der Waals surface area (Å²) in [4.78, 5) is 2.69. The normalized spacial score (nSPS) is 42.2. The second kappa shape index (κ2) is 5.48. The van der Waals surface area contributed by atoms with Crippen molar-refractivity contribution in [3.05, 3.63) is 0 Å². The Bertz CT molecular complexity index is 216. The van der Waals surface area contributed by atoms with Gasteiger partial charge in [-0.1, -0.05) is 6.92 Å². The highest BCUT2D eigenvalue weighted by Crippen LogP contribution is 2.29. The van der Waals surface area contributed by atoms with Crippen molar-refractivity contribution in [3.63, 3.8) is 0 Å². The van der Waals surface area contributed by atoms with E-state index in [1.165, 1.54) is 32.4 Å². The zero-order chi connectivity index (χ0) is 11.5. The fraction of sp³-hybridized carbons (Fsp3) is 1.00. The zero-order valence-electron chi connectivity index (χ0n) is 10.9. The zero-order valence-corrected chi connectivity index (χ0v) is 10.9. The van der Waals surface area contributed by atoms with Gasteiger partial charge >= 0.3 is 0 Å². The van der Waals surface area contributed by atoms with Crippen LogP contribution in [0.4, 0.5) is 0 Å². The molecule has 2 fully saturated rings. The van der Waals surface area contributed by atoms with E-state index in [4.69, 9.17) is 4.74 Å². The molecule has 3 nitrogen and oxygen atoms in total. The summed E-state index contributed by atoms with van der Waals surface area (Å²) in [5.74, 6) is 0.768. The van der Waals surface area contributed by atoms with Crippen LogP contribution >= 0.6 is 0 Å². The molecular formula is C13H26N2O. The van der Waals surface area contributed by atoms with E-state index in [2.05, 4.69) is 24.1 Å². The summed E-state index contributed by atoms with van der Waals surface area (Å²) >= 11 is 0. The Hall–Kier alpha value is -0.120. The van der Waals surface area contributed by atoms with Crippen LogP contribution < -0.4 is 5.32 Å². The topological polar surface area (TPSA) is 24.5 Å². The third-order valence-corrected chi connectivity index (χ3v) is 4.13. The van der Waals surface area contributed by atoms with Gasteiger partial charge in [-0.15, -0.1) is 0 Å². The Kier molecular flexibility index (Phi) is 4.22. The van der Waals surface area contributed by atoms with Gasteiger partial charge in [0.25, 0.3) is 0 Å². The molecule has 0 aromatic heterocycles. The SMILES string of the molecule is COC1CC(N2CCC(C)NCC(C)C2)C1. The summed E-state index contributed by atoms with van der Waals surface area (Å²) in [5.41, 5.74) is 0. The summed E-state index contributed by atoms with van der Waals surface area (Å²) in [6.07, 6.45) is 4.29. The lowest BCUT2D eigenvalue weighted by molar-refractivity contribution is -0.0333. The number of ether oxygens (including phenoxy) is 1. The predicted molar refractivity (Wildman–Crippen MR) is 66.6 cm³/mol. The van der Waals surface area contributed by atoms with Gasteiger partial charge in [-0.3, -0.25) is 4.90 Å². The first kappa shape index (κ1) is 12.3. The highest BCUT2D eigenvalue weighted by Gasteiger charge is 2.34. The average molecular weight is 226 g/mol. The molecule has 0 radical (unpaired) electrons. The molecule has 2 aliphatic rings. The Balaban J connectivity index is 1.83. The molecular weight excluding hydrogens is 200 g/mol. The van der Waals surface area contributed by atoms with Crippen LogP contribution in [0, 0.1) is 5.92 Å². The van der Waals surface area contributed by atoms with Crippen LogP contribution in [-0.2, 0) is 4.74 Å². The van der Waals surface area contributed by atoms with Gasteiger partial charge in [0.15, 0.2) is 0 Å². The number of methoxy groups -OCH3 is 1. The van der Waals surface area contributed by atoms with Crippen molar-refractivity contribution < 1.29 is 4.74 Å². The minimum atomic E-state index is 0.529. The third-order valence-electron chi connectivity index (χ3n) is 4.13. The lowest BCUT2D eigenvalue weighted by Gasteiger charge is -2.44. The first-order valence-electron chi connectivity index (χ1n) is 6.69. The minimum absolute atomic E-state index is 0.529. The highest BCUT2D eigenvalue weighted by molar-refractivity contribution is 4.89. The van der Waals surface area contributed by atoms with Crippen molar-refractivity contribution in [2.45, 2.75) is 51.3 Å². The minimum Gasteiger partial charge on any atom is -0.381 e. The Morgan fingerprint density at radius 3 is 2.69 bits per heavy atom. The number of hydrogen-bond acceptors (Lipinski definition) is 3. The summed E-state index contributed by atoms with van der Waals surface area (Å²) in [5, 5.41) is 3.60. The molecule has 94 valence electrons. The van der Waals surface area contributed by atoms with E-state index in [9.17, 15) is 0 Å². The highest BCUT2D eigenvalue weighted by atomic mass is 16.5. The van der Waals surface area contributed by atoms with Crippen molar-refractivity contribution in [3.8, 4) is 0 Å². The molecule has 1 saturated carbocycles. The lowest BCUT2D eigenvalue weighted by Crippen LogP contribution is -2.52. The number of hydrogen-bond donors (Lipinski definition) is 1. The van der Waals surface area contributed by atoms with Crippen molar-refractivity contribution in [1.82, 2.24) is 10.2 Å². The average Bonchev–Trinajstić information content (AvgIpc) is 2.19. The Labute approximate surface area is 99.5 Å². The van der Waals surface area contributed by atoms with E-state index in [-0.39, 0.29) is 0 Å². The Morgan fingerprint density at radius 1 is 1.25 bits per heavy atom. The first-order valence-corrected chi connectivity index (χ1v) is 6.69. The molecule has 0 spiro atoms. The van der Waals surface area contributed by atoms with Crippen molar-refractivity contribution in [2.24, 2.45) is 5.92 Å². The smallest absolute Gasteiger partial charge is 0.0601 e. The molecule has 0 amide bonds. The van der Waals surface area contributed by atoms with Gasteiger partial charge in [-0.25, -0.2) is 0 Å². The van der Waals surface area contributed by atoms with Crippen molar-refractivity contribution in [2.75, 3.05) is 26.7 Å². The summed E-state index contributed by atoms with van der Waals surface area (Å²) in [6.45, 7) is 8.32. The number of nitrogens with one attached hydrogen (secondary N) is 1. The molecule has 1 aliphatic heterocycles. The van der Waals surface area contributed by atoms with Gasteiger partial charge in [-0.2, -0.15) is 0 Å². The molecule has 1 aliphatic carbocycles. The van der Waals surface area contributed by atoms with E-state index in [1.54, 1.807) is 0 Å². The second-order valence-electron chi connectivity index (χ2n) is 5.68. The fourth-order valence-electron chi connectivity index (χ4n) is 2.78. The predicted octanol–water partition coefficient (Wildman–Crippen LogP) is 1.48. The molecule has 2 atom stereocenters. The number of nitrogens with zero attached hydrogens (tertiary/aromatic N) is 1. The molecule has 2 rings (SSSR count). The second-order valence-corrected chi connectivity index (χ2v) is 5.68. The molecule has 1 saturated heterocycles. The third kappa shape index (κ3) is 2.96. The van der Waals surface area contributed by atoms with Crippen molar-refractivity contribution in [1.29, 1.82) is 0 Å². The van der Waals surface area contributed by atoms with Crippen LogP contribution in [0.15, 0.2) is 0 Å². The molecule has 0 aromatic rings. The largest absolute Gasteiger partial charge is 0.381 e. The van der Waals surface area contributed by atoms with Gasteiger partial charge in [0, 0.05) is 25.7 Å². The Morgan fingerprint density at radius 2 is 2.00 bits per heavy atom. The van der Waals surface area contributed by atoms with Gasteiger partial charge < -0.3 is 10.1 Å². The molecule has 1 N–H and O–H groups in total. The van der Waals surface area contributed by atoms with Crippen LogP contribution in [0.1, 0.15) is 33.1 Å². The van der Waals surface area contributed by atoms with E-state index >= 15 is 0 Å². The molecule has 3 heteroatoms. The van der Waals surface area contributed by atoms with Gasteiger partial charge in [-0.05, 0) is 45.2 Å². The summed E-state index contributed by atoms with van der Waals surface area (Å²) in [6, 6.07) is 1.46. The summed E-state index contributed by atoms with van der Waals surface area (Å²) < 4.78 is 5.37. The van der Waals surface area contributed by atoms with E-state index in [0.717, 1.165) is 18.5 Å². The number of rotatable bonds is 2. The van der Waals surface area contributed by atoms with E-state index in [1.807, 2.05) is 7.11 Å². The quantitative estimate of drug-likeness (QED) is 0.772. The van der Waals surface area contributed by atoms with Crippen LogP contribution in [0.25, 0.3) is 0 Å². The van der Waals surface area contributed by atoms with Gasteiger partial charge in [0.1, 0.15) is 0 Å². The van der Waals surface area contributed by atoms with Gasteiger partial charge in [0.2, 0.25) is 0 Å². The molecule has 0 bridgehead atoms. The van der Waals surface area contributed by atoms with Crippen LogP contribution in [0.3, 0.4) is 0 Å². The lowest BCUT2D eigenvalue weighted by atomic mass is 9.86. The standard InChI is InChI=1S/C13H26N2O/c1-10-8-14-11(2)4-5-15(9-10)12-6-13(7-12)16-3/h10-14H,4-9H2,1-3H3. The van der Waals surface area contributed by atoms with Crippen LogP contribution in [-0.4, -0.2) is 49.8 Å².